The summed E-state index contributed by atoms with van der Waals surface area (Å²) in [7, 11) is 1.48. The van der Waals surface area contributed by atoms with Gasteiger partial charge >= 0.3 is 5.97 Å². The van der Waals surface area contributed by atoms with Gasteiger partial charge in [0.05, 0.1) is 11.6 Å². The third-order valence-corrected chi connectivity index (χ3v) is 3.60. The lowest BCUT2D eigenvalue weighted by Gasteiger charge is -2.16. The Morgan fingerprint density at radius 3 is 2.62 bits per heavy atom. The van der Waals surface area contributed by atoms with E-state index in [1.54, 1.807) is 24.3 Å². The first-order valence-corrected chi connectivity index (χ1v) is 7.90. The SMILES string of the molecule is CN(CC(=O)NC1CC1)C(=O)COC(=O)COc1ccccc1Cl. The molecule has 0 atom stereocenters. The number of carbonyl (C=O) groups is 3. The molecule has 24 heavy (non-hydrogen) atoms. The zero-order valence-electron chi connectivity index (χ0n) is 13.3. The lowest BCUT2D eigenvalue weighted by atomic mass is 10.3. The van der Waals surface area contributed by atoms with Gasteiger partial charge in [-0.1, -0.05) is 23.7 Å². The number of benzene rings is 1. The summed E-state index contributed by atoms with van der Waals surface area (Å²) in [4.78, 5) is 36.2. The molecular weight excluding hydrogens is 336 g/mol. The highest BCUT2D eigenvalue weighted by Gasteiger charge is 2.24. The van der Waals surface area contributed by atoms with Crippen LogP contribution in [0.15, 0.2) is 24.3 Å². The highest BCUT2D eigenvalue weighted by molar-refractivity contribution is 6.32. The second-order valence-electron chi connectivity index (χ2n) is 5.47. The number of hydrogen-bond acceptors (Lipinski definition) is 5. The van der Waals surface area contributed by atoms with E-state index in [0.717, 1.165) is 12.8 Å². The average Bonchev–Trinajstić information content (AvgIpc) is 3.35. The molecule has 0 spiro atoms. The predicted molar refractivity (Wildman–Crippen MR) is 86.7 cm³/mol. The Labute approximate surface area is 144 Å². The van der Waals surface area contributed by atoms with Gasteiger partial charge in [-0.3, -0.25) is 9.59 Å². The predicted octanol–water partition coefficient (Wildman–Crippen LogP) is 0.999. The summed E-state index contributed by atoms with van der Waals surface area (Å²) in [5.41, 5.74) is 0. The molecule has 1 fully saturated rings. The molecule has 1 saturated carbocycles. The first kappa shape index (κ1) is 18.1. The van der Waals surface area contributed by atoms with Crippen LogP contribution in [-0.4, -0.2) is 55.5 Å². The number of rotatable bonds is 8. The van der Waals surface area contributed by atoms with Crippen molar-refractivity contribution in [2.75, 3.05) is 26.8 Å². The van der Waals surface area contributed by atoms with Crippen LogP contribution < -0.4 is 10.1 Å². The first-order valence-electron chi connectivity index (χ1n) is 7.52. The minimum absolute atomic E-state index is 0.0665. The van der Waals surface area contributed by atoms with Crippen LogP contribution in [0.3, 0.4) is 0 Å². The molecule has 1 aliphatic rings. The van der Waals surface area contributed by atoms with Crippen LogP contribution in [0.1, 0.15) is 12.8 Å². The van der Waals surface area contributed by atoms with E-state index >= 15 is 0 Å². The maximum atomic E-state index is 11.8. The standard InChI is InChI=1S/C16H19ClN2O5/c1-19(8-14(20)18-11-6-7-11)15(21)9-24-16(22)10-23-13-5-3-2-4-12(13)17/h2-5,11H,6-10H2,1H3,(H,18,20). The molecule has 0 heterocycles. The number of esters is 1. The summed E-state index contributed by atoms with van der Waals surface area (Å²) in [5.74, 6) is -1.02. The monoisotopic (exact) mass is 354 g/mol. The first-order chi connectivity index (χ1) is 11.5. The van der Waals surface area contributed by atoms with Crippen molar-refractivity contribution in [3.8, 4) is 5.75 Å². The molecule has 7 nitrogen and oxygen atoms in total. The van der Waals surface area contributed by atoms with Crippen molar-refractivity contribution >= 4 is 29.4 Å². The molecule has 0 bridgehead atoms. The lowest BCUT2D eigenvalue weighted by molar-refractivity contribution is -0.153. The van der Waals surface area contributed by atoms with E-state index in [4.69, 9.17) is 21.1 Å². The Bertz CT molecular complexity index is 618. The smallest absolute Gasteiger partial charge is 0.344 e. The molecule has 1 aromatic rings. The molecule has 0 aliphatic heterocycles. The Hall–Kier alpha value is -2.28. The summed E-state index contributed by atoms with van der Waals surface area (Å²) in [6, 6.07) is 6.94. The molecule has 8 heteroatoms. The Kier molecular flexibility index (Phi) is 6.43. The van der Waals surface area contributed by atoms with Gasteiger partial charge < -0.3 is 19.7 Å². The van der Waals surface area contributed by atoms with Crippen molar-refractivity contribution < 1.29 is 23.9 Å². The van der Waals surface area contributed by atoms with Gasteiger partial charge in [-0.25, -0.2) is 4.79 Å². The van der Waals surface area contributed by atoms with Crippen molar-refractivity contribution in [2.45, 2.75) is 18.9 Å². The highest BCUT2D eigenvalue weighted by Crippen LogP contribution is 2.22. The quantitative estimate of drug-likeness (QED) is 0.704. The van der Waals surface area contributed by atoms with Crippen LogP contribution in [0, 0.1) is 0 Å². The number of amides is 2. The second-order valence-corrected chi connectivity index (χ2v) is 5.88. The van der Waals surface area contributed by atoms with Crippen LogP contribution in [-0.2, 0) is 19.1 Å². The molecule has 2 amide bonds. The zero-order valence-corrected chi connectivity index (χ0v) is 14.0. The largest absolute Gasteiger partial charge is 0.480 e. The van der Waals surface area contributed by atoms with Crippen molar-refractivity contribution in [1.82, 2.24) is 10.2 Å². The number of nitrogens with zero attached hydrogens (tertiary/aromatic N) is 1. The molecule has 0 radical (unpaired) electrons. The van der Waals surface area contributed by atoms with E-state index in [1.807, 2.05) is 0 Å². The fourth-order valence-electron chi connectivity index (χ4n) is 1.80. The normalized spacial score (nSPS) is 13.1. The van der Waals surface area contributed by atoms with Gasteiger partial charge in [-0.15, -0.1) is 0 Å². The Morgan fingerprint density at radius 2 is 1.96 bits per heavy atom. The van der Waals surface area contributed by atoms with Gasteiger partial charge in [0.2, 0.25) is 5.91 Å². The number of hydrogen-bond donors (Lipinski definition) is 1. The van der Waals surface area contributed by atoms with Crippen LogP contribution in [0.4, 0.5) is 0 Å². The summed E-state index contributed by atoms with van der Waals surface area (Å²) in [5, 5.41) is 3.15. The van der Waals surface area contributed by atoms with Crippen LogP contribution in [0.2, 0.25) is 5.02 Å². The molecule has 0 unspecified atom stereocenters. The summed E-state index contributed by atoms with van der Waals surface area (Å²) >= 11 is 5.89. The molecule has 1 N–H and O–H groups in total. The van der Waals surface area contributed by atoms with Crippen molar-refractivity contribution in [3.63, 3.8) is 0 Å². The van der Waals surface area contributed by atoms with Gasteiger partial charge in [-0.2, -0.15) is 0 Å². The van der Waals surface area contributed by atoms with E-state index in [1.165, 1.54) is 11.9 Å². The number of likely N-dealkylation sites (N-methyl/N-ethyl adjacent to an activating group) is 1. The molecule has 0 aromatic heterocycles. The minimum atomic E-state index is -0.695. The fraction of sp³-hybridized carbons (Fsp3) is 0.438. The second kappa shape index (κ2) is 8.54. The number of ether oxygens (including phenoxy) is 2. The maximum Gasteiger partial charge on any atom is 0.344 e. The molecule has 0 saturated heterocycles. The van der Waals surface area contributed by atoms with Gasteiger partial charge in [0.1, 0.15) is 5.75 Å². The third kappa shape index (κ3) is 6.08. The minimum Gasteiger partial charge on any atom is -0.480 e. The highest BCUT2D eigenvalue weighted by atomic mass is 35.5. The van der Waals surface area contributed by atoms with Gasteiger partial charge in [0.25, 0.3) is 5.91 Å². The van der Waals surface area contributed by atoms with Crippen molar-refractivity contribution in [1.29, 1.82) is 0 Å². The third-order valence-electron chi connectivity index (χ3n) is 3.29. The van der Waals surface area contributed by atoms with E-state index in [0.29, 0.717) is 10.8 Å². The molecule has 130 valence electrons. The number of carbonyl (C=O) groups excluding carboxylic acids is 3. The molecular formula is C16H19ClN2O5. The van der Waals surface area contributed by atoms with E-state index in [-0.39, 0.29) is 25.1 Å². The number of nitrogens with one attached hydrogen (secondary N) is 1. The lowest BCUT2D eigenvalue weighted by Crippen LogP contribution is -2.40. The van der Waals surface area contributed by atoms with Gasteiger partial charge in [-0.05, 0) is 25.0 Å². The molecule has 2 rings (SSSR count). The van der Waals surface area contributed by atoms with Crippen LogP contribution in [0.25, 0.3) is 0 Å². The average molecular weight is 355 g/mol. The van der Waals surface area contributed by atoms with E-state index in [9.17, 15) is 14.4 Å². The van der Waals surface area contributed by atoms with Gasteiger partial charge in [0, 0.05) is 13.1 Å². The summed E-state index contributed by atoms with van der Waals surface area (Å²) < 4.78 is 10.0. The Morgan fingerprint density at radius 1 is 1.25 bits per heavy atom. The van der Waals surface area contributed by atoms with Crippen LogP contribution in [0.5, 0.6) is 5.75 Å². The van der Waals surface area contributed by atoms with E-state index in [2.05, 4.69) is 5.32 Å². The van der Waals surface area contributed by atoms with Crippen molar-refractivity contribution in [3.05, 3.63) is 29.3 Å². The Balaban J connectivity index is 1.65. The zero-order chi connectivity index (χ0) is 17.5. The fourth-order valence-corrected chi connectivity index (χ4v) is 1.99. The maximum absolute atomic E-state index is 11.8. The summed E-state index contributed by atoms with van der Waals surface area (Å²) in [6.45, 7) is -0.871. The molecule has 1 aromatic carbocycles. The number of halogens is 1. The van der Waals surface area contributed by atoms with Crippen LogP contribution >= 0.6 is 11.6 Å². The summed E-state index contributed by atoms with van der Waals surface area (Å²) in [6.07, 6.45) is 1.96. The topological polar surface area (TPSA) is 84.9 Å². The van der Waals surface area contributed by atoms with Crippen molar-refractivity contribution in [2.24, 2.45) is 0 Å². The number of para-hydroxylation sites is 1. The van der Waals surface area contributed by atoms with Gasteiger partial charge in [0.15, 0.2) is 13.2 Å². The molecule has 1 aliphatic carbocycles. The van der Waals surface area contributed by atoms with E-state index < -0.39 is 18.5 Å².